The number of fused-ring (bicyclic) bond motifs is 5. The van der Waals surface area contributed by atoms with E-state index in [2.05, 4.69) is 26.8 Å². The van der Waals surface area contributed by atoms with Crippen LogP contribution in [0, 0.1) is 46.8 Å². The quantitative estimate of drug-likeness (QED) is 0.468. The number of allylic oxidation sites excluding steroid dienone is 1. The third-order valence-electron chi connectivity index (χ3n) is 11.6. The molecule has 0 radical (unpaired) electrons. The molecular formula is C29H48O2. The molecule has 0 unspecified atom stereocenters. The predicted octanol–water partition coefficient (Wildman–Crippen LogP) is 6.89. The molecule has 0 aliphatic heterocycles. The number of hydrogen-bond acceptors (Lipinski definition) is 2. The lowest BCUT2D eigenvalue weighted by Gasteiger charge is -2.55. The second-order valence-electron chi connectivity index (χ2n) is 12.9. The van der Waals surface area contributed by atoms with E-state index in [0.29, 0.717) is 17.3 Å². The van der Waals surface area contributed by atoms with Crippen molar-refractivity contribution in [3.8, 4) is 0 Å². The monoisotopic (exact) mass is 428 g/mol. The molecule has 5 aliphatic carbocycles. The molecule has 0 aromatic rings. The number of aliphatic hydroxyl groups excluding tert-OH is 1. The van der Waals surface area contributed by atoms with Gasteiger partial charge in [-0.05, 0) is 111 Å². The Bertz CT molecular complexity index is 678. The fraction of sp³-hybridized carbons (Fsp3) is 0.931. The summed E-state index contributed by atoms with van der Waals surface area (Å²) in [6, 6.07) is 0. The Morgan fingerprint density at radius 1 is 1.03 bits per heavy atom. The SMILES string of the molecule is CC[C@]1(O)CC[C@H]2C(=CC[C@@H]3[C@@H]2CC[C@]2(C)[C@@H]([C@H](C)[C@H](O)CC4CCCC4)CC[C@@H]32)C1. The Hall–Kier alpha value is -0.340. The fourth-order valence-electron chi connectivity index (χ4n) is 9.64. The Labute approximate surface area is 191 Å². The van der Waals surface area contributed by atoms with Crippen molar-refractivity contribution in [2.45, 2.75) is 122 Å². The van der Waals surface area contributed by atoms with Crippen molar-refractivity contribution in [2.24, 2.45) is 46.8 Å². The van der Waals surface area contributed by atoms with Gasteiger partial charge in [0.1, 0.15) is 0 Å². The smallest absolute Gasteiger partial charge is 0.0682 e. The van der Waals surface area contributed by atoms with Gasteiger partial charge in [0.25, 0.3) is 0 Å². The molecule has 4 fully saturated rings. The van der Waals surface area contributed by atoms with Gasteiger partial charge in [-0.25, -0.2) is 0 Å². The lowest BCUT2D eigenvalue weighted by atomic mass is 9.50. The molecule has 2 nitrogen and oxygen atoms in total. The summed E-state index contributed by atoms with van der Waals surface area (Å²) in [6.07, 6.45) is 19.8. The van der Waals surface area contributed by atoms with Crippen molar-refractivity contribution in [3.63, 3.8) is 0 Å². The Morgan fingerprint density at radius 2 is 1.81 bits per heavy atom. The molecule has 0 amide bonds. The third kappa shape index (κ3) is 3.86. The minimum atomic E-state index is -0.429. The molecule has 0 heterocycles. The van der Waals surface area contributed by atoms with E-state index in [4.69, 9.17) is 0 Å². The van der Waals surface area contributed by atoms with Crippen LogP contribution in [0.1, 0.15) is 111 Å². The van der Waals surface area contributed by atoms with Crippen LogP contribution in [0.3, 0.4) is 0 Å². The van der Waals surface area contributed by atoms with E-state index in [0.717, 1.165) is 55.3 Å². The molecule has 0 bridgehead atoms. The Balaban J connectivity index is 1.29. The fourth-order valence-corrected chi connectivity index (χ4v) is 9.64. The average Bonchev–Trinajstić information content (AvgIpc) is 3.39. The second kappa shape index (κ2) is 8.46. The maximum atomic E-state index is 11.2. The molecule has 0 saturated heterocycles. The summed E-state index contributed by atoms with van der Waals surface area (Å²) in [5.74, 6) is 5.25. The van der Waals surface area contributed by atoms with Gasteiger partial charge >= 0.3 is 0 Å². The highest BCUT2D eigenvalue weighted by atomic mass is 16.3. The topological polar surface area (TPSA) is 40.5 Å². The lowest BCUT2D eigenvalue weighted by molar-refractivity contribution is -0.0578. The summed E-state index contributed by atoms with van der Waals surface area (Å²) < 4.78 is 0. The van der Waals surface area contributed by atoms with Crippen LogP contribution in [0.25, 0.3) is 0 Å². The van der Waals surface area contributed by atoms with E-state index in [1.807, 2.05) is 0 Å². The summed E-state index contributed by atoms with van der Waals surface area (Å²) >= 11 is 0. The first-order chi connectivity index (χ1) is 14.8. The molecule has 5 aliphatic rings. The van der Waals surface area contributed by atoms with E-state index in [-0.39, 0.29) is 6.10 Å². The molecule has 31 heavy (non-hydrogen) atoms. The molecule has 0 aromatic carbocycles. The maximum Gasteiger partial charge on any atom is 0.0682 e. The summed E-state index contributed by atoms with van der Waals surface area (Å²) in [7, 11) is 0. The van der Waals surface area contributed by atoms with Crippen molar-refractivity contribution in [1.82, 2.24) is 0 Å². The summed E-state index contributed by atoms with van der Waals surface area (Å²) in [5, 5.41) is 22.1. The standard InChI is InChI=1S/C29H48O2/c1-4-29(31)16-14-22-21(18-29)9-10-24-23(22)13-15-28(3)25(11-12-26(24)28)19(2)27(30)17-20-7-5-6-8-20/h9,19-20,22-27,30-31H,4-8,10-18H2,1-3H3/t19-,22-,23+,24+,25+,26-,27+,28+,29-/m0/s1. The maximum absolute atomic E-state index is 11.2. The molecule has 2 N–H and O–H groups in total. The number of hydrogen-bond donors (Lipinski definition) is 2. The largest absolute Gasteiger partial charge is 0.393 e. The minimum absolute atomic E-state index is 0.0932. The molecule has 176 valence electrons. The molecular weight excluding hydrogens is 380 g/mol. The van der Waals surface area contributed by atoms with E-state index in [1.54, 1.807) is 5.57 Å². The van der Waals surface area contributed by atoms with E-state index < -0.39 is 5.60 Å². The lowest BCUT2D eigenvalue weighted by Crippen LogP contribution is -2.49. The minimum Gasteiger partial charge on any atom is -0.393 e. The van der Waals surface area contributed by atoms with Gasteiger partial charge in [-0.3, -0.25) is 0 Å². The van der Waals surface area contributed by atoms with Crippen LogP contribution in [0.15, 0.2) is 11.6 Å². The highest BCUT2D eigenvalue weighted by Crippen LogP contribution is 2.65. The van der Waals surface area contributed by atoms with Crippen molar-refractivity contribution in [2.75, 3.05) is 0 Å². The van der Waals surface area contributed by atoms with Crippen LogP contribution in [-0.2, 0) is 0 Å². The van der Waals surface area contributed by atoms with E-state index in [9.17, 15) is 10.2 Å². The molecule has 0 aromatic heterocycles. The van der Waals surface area contributed by atoms with Crippen LogP contribution in [0.4, 0.5) is 0 Å². The summed E-state index contributed by atoms with van der Waals surface area (Å²) in [6.45, 7) is 7.15. The predicted molar refractivity (Wildman–Crippen MR) is 128 cm³/mol. The highest BCUT2D eigenvalue weighted by Gasteiger charge is 2.57. The van der Waals surface area contributed by atoms with Gasteiger partial charge in [0, 0.05) is 0 Å². The van der Waals surface area contributed by atoms with Gasteiger partial charge in [-0.2, -0.15) is 0 Å². The van der Waals surface area contributed by atoms with Crippen LogP contribution in [0.5, 0.6) is 0 Å². The van der Waals surface area contributed by atoms with Gasteiger partial charge in [0.15, 0.2) is 0 Å². The normalized spacial score (nSPS) is 47.3. The zero-order chi connectivity index (χ0) is 21.8. The third-order valence-corrected chi connectivity index (χ3v) is 11.6. The first-order valence-electron chi connectivity index (χ1n) is 13.9. The van der Waals surface area contributed by atoms with Crippen LogP contribution < -0.4 is 0 Å². The van der Waals surface area contributed by atoms with E-state index in [1.165, 1.54) is 64.2 Å². The molecule has 2 heteroatoms. The second-order valence-corrected chi connectivity index (χ2v) is 12.9. The van der Waals surface area contributed by atoms with Crippen molar-refractivity contribution >= 4 is 0 Å². The average molecular weight is 429 g/mol. The number of rotatable bonds is 5. The van der Waals surface area contributed by atoms with Crippen molar-refractivity contribution in [3.05, 3.63) is 11.6 Å². The zero-order valence-corrected chi connectivity index (χ0v) is 20.5. The van der Waals surface area contributed by atoms with Crippen LogP contribution >= 0.6 is 0 Å². The summed E-state index contributed by atoms with van der Waals surface area (Å²) in [4.78, 5) is 0. The van der Waals surface area contributed by atoms with Gasteiger partial charge in [-0.15, -0.1) is 0 Å². The molecule has 4 saturated carbocycles. The van der Waals surface area contributed by atoms with Gasteiger partial charge in [0.2, 0.25) is 0 Å². The first-order valence-corrected chi connectivity index (χ1v) is 13.9. The van der Waals surface area contributed by atoms with Crippen LogP contribution in [0.2, 0.25) is 0 Å². The van der Waals surface area contributed by atoms with Crippen molar-refractivity contribution < 1.29 is 10.2 Å². The van der Waals surface area contributed by atoms with Crippen molar-refractivity contribution in [1.29, 1.82) is 0 Å². The van der Waals surface area contributed by atoms with Crippen LogP contribution in [-0.4, -0.2) is 21.9 Å². The van der Waals surface area contributed by atoms with Gasteiger partial charge < -0.3 is 10.2 Å². The first kappa shape index (κ1) is 22.5. The summed E-state index contributed by atoms with van der Waals surface area (Å²) in [5.41, 5.74) is 1.61. The Morgan fingerprint density at radius 3 is 2.55 bits per heavy atom. The highest BCUT2D eigenvalue weighted by molar-refractivity contribution is 5.22. The Kier molecular flexibility index (Phi) is 6.13. The number of aliphatic hydroxyl groups is 2. The van der Waals surface area contributed by atoms with E-state index >= 15 is 0 Å². The molecule has 9 atom stereocenters. The molecule has 0 spiro atoms. The van der Waals surface area contributed by atoms with Gasteiger partial charge in [0.05, 0.1) is 11.7 Å². The molecule has 5 rings (SSSR count). The zero-order valence-electron chi connectivity index (χ0n) is 20.5. The van der Waals surface area contributed by atoms with Gasteiger partial charge in [-0.1, -0.05) is 58.1 Å².